The zero-order chi connectivity index (χ0) is 6.69. The minimum Gasteiger partial charge on any atom is -1.00 e. The van der Waals surface area contributed by atoms with E-state index >= 15 is 0 Å². The smallest absolute Gasteiger partial charge is 1.00 e. The molecule has 58 valence electrons. The van der Waals surface area contributed by atoms with E-state index < -0.39 is 0 Å². The first-order valence-corrected chi connectivity index (χ1v) is 3.49. The molecule has 0 unspecified atom stereocenters. The van der Waals surface area contributed by atoms with Crippen LogP contribution in [0.2, 0.25) is 0 Å². The number of methoxy groups -OCH3 is 1. The van der Waals surface area contributed by atoms with Gasteiger partial charge in [0.1, 0.15) is 0 Å². The number of hydrogen-bond acceptors (Lipinski definition) is 1. The van der Waals surface area contributed by atoms with Gasteiger partial charge in [0.2, 0.25) is 0 Å². The predicted octanol–water partition coefficient (Wildman–Crippen LogP) is -8.50. The van der Waals surface area contributed by atoms with Gasteiger partial charge in [-0.25, -0.2) is 0 Å². The van der Waals surface area contributed by atoms with Crippen molar-refractivity contribution < 1.29 is 53.0 Å². The molecule has 1 aromatic rings. The summed E-state index contributed by atoms with van der Waals surface area (Å²) in [5.74, 6) is 0.922. The average molecular weight is 254 g/mol. The van der Waals surface area contributed by atoms with Crippen molar-refractivity contribution in [2.24, 2.45) is 0 Å². The molecule has 0 aliphatic carbocycles. The minimum absolute atomic E-state index is 0. The molecule has 0 saturated carbocycles. The predicted molar refractivity (Wildman–Crippen MR) is 38.4 cm³/mol. The van der Waals surface area contributed by atoms with E-state index in [2.05, 4.69) is 0 Å². The molecule has 5 heteroatoms. The van der Waals surface area contributed by atoms with Gasteiger partial charge in [0.05, 0.1) is 0 Å². The maximum atomic E-state index is 4.97. The molecule has 0 bridgehead atoms. The van der Waals surface area contributed by atoms with Gasteiger partial charge in [-0.3, -0.25) is 0 Å². The summed E-state index contributed by atoms with van der Waals surface area (Å²) in [5.41, 5.74) is 0. The molecule has 0 atom stereocenters. The van der Waals surface area contributed by atoms with E-state index in [1.165, 1.54) is 3.69 Å². The summed E-state index contributed by atoms with van der Waals surface area (Å²) in [6.07, 6.45) is 0. The average Bonchev–Trinajstić information content (AvgIpc) is 1.90. The monoisotopic (exact) mass is 252 g/mol. The van der Waals surface area contributed by atoms with Gasteiger partial charge >= 0.3 is 86.1 Å². The van der Waals surface area contributed by atoms with Crippen LogP contribution in [-0.4, -0.2) is 28.8 Å². The van der Waals surface area contributed by atoms with E-state index in [0.717, 1.165) is 5.75 Å². The Balaban J connectivity index is -0.000000270. The van der Waals surface area contributed by atoms with Crippen LogP contribution >= 0.6 is 0 Å². The summed E-state index contributed by atoms with van der Waals surface area (Å²) >= 11 is 1.87. The largest absolute Gasteiger partial charge is 1.00 e. The van der Waals surface area contributed by atoms with E-state index in [0.29, 0.717) is 0 Å². The van der Waals surface area contributed by atoms with Crippen LogP contribution in [0.4, 0.5) is 0 Å². The fraction of sp³-hybridized carbons (Fsp3) is 0.143. The number of benzene rings is 1. The summed E-state index contributed by atoms with van der Waals surface area (Å²) in [4.78, 5) is 0. The zero-order valence-corrected chi connectivity index (χ0v) is 10.9. The SMILES string of the molecule is COc1cc[c]([Mg+])cc1.[Br-].[Cl-].[Li+]. The maximum absolute atomic E-state index is 4.97. The van der Waals surface area contributed by atoms with E-state index in [4.69, 9.17) is 4.74 Å². The van der Waals surface area contributed by atoms with Crippen LogP contribution in [-0.2, 0) is 0 Å². The molecule has 0 saturated heterocycles. The standard InChI is InChI=1S/C7H7O.BrH.ClH.Li.Mg/c1-8-7-5-3-2-4-6-7;;;;/h3-6H,1H3;2*1H;;/q;;;2*+1/p-2. The fourth-order valence-corrected chi connectivity index (χ4v) is 0.861. The second-order valence-electron chi connectivity index (χ2n) is 1.85. The van der Waals surface area contributed by atoms with Gasteiger partial charge in [-0.05, 0) is 0 Å². The molecule has 0 spiro atoms. The van der Waals surface area contributed by atoms with E-state index in [1.807, 2.05) is 46.0 Å². The Labute approximate surface area is 114 Å². The Morgan fingerprint density at radius 3 is 1.92 bits per heavy atom. The van der Waals surface area contributed by atoms with E-state index in [-0.39, 0.29) is 48.2 Å². The first kappa shape index (κ1) is 18.8. The molecule has 1 nitrogen and oxygen atoms in total. The van der Waals surface area contributed by atoms with Gasteiger partial charge in [-0.15, -0.1) is 0 Å². The Hall–Kier alpha value is 1.15. The first-order chi connectivity index (χ1) is 4.33. The molecule has 1 aromatic carbocycles. The van der Waals surface area contributed by atoms with Crippen LogP contribution in [0.3, 0.4) is 0 Å². The van der Waals surface area contributed by atoms with Gasteiger partial charge in [-0.1, -0.05) is 0 Å². The molecule has 0 aromatic heterocycles. The quantitative estimate of drug-likeness (QED) is 0.452. The molecule has 0 N–H and O–H groups in total. The minimum atomic E-state index is 0. The van der Waals surface area contributed by atoms with Crippen molar-refractivity contribution in [2.45, 2.75) is 0 Å². The molecule has 0 aliphatic rings. The molecular weight excluding hydrogens is 247 g/mol. The van der Waals surface area contributed by atoms with Gasteiger partial charge in [0.25, 0.3) is 0 Å². The van der Waals surface area contributed by atoms with Crippen molar-refractivity contribution in [1.29, 1.82) is 0 Å². The molecule has 1 rings (SSSR count). The molecule has 0 fully saturated rings. The Morgan fingerprint density at radius 1 is 1.17 bits per heavy atom. The summed E-state index contributed by atoms with van der Waals surface area (Å²) in [5, 5.41) is 0. The number of rotatable bonds is 1. The van der Waals surface area contributed by atoms with Crippen molar-refractivity contribution in [3.63, 3.8) is 0 Å². The van der Waals surface area contributed by atoms with Crippen molar-refractivity contribution in [1.82, 2.24) is 0 Å². The van der Waals surface area contributed by atoms with Gasteiger partial charge < -0.3 is 29.4 Å². The second kappa shape index (κ2) is 10.2. The van der Waals surface area contributed by atoms with Crippen LogP contribution in [0, 0.1) is 0 Å². The Morgan fingerprint density at radius 2 is 1.58 bits per heavy atom. The molecule has 0 heterocycles. The molecule has 12 heavy (non-hydrogen) atoms. The topological polar surface area (TPSA) is 9.23 Å². The summed E-state index contributed by atoms with van der Waals surface area (Å²) in [7, 11) is 1.67. The Kier molecular flexibility index (Phi) is 16.1. The van der Waals surface area contributed by atoms with E-state index in [9.17, 15) is 0 Å². The van der Waals surface area contributed by atoms with Crippen molar-refractivity contribution in [3.8, 4) is 5.75 Å². The number of ether oxygens (including phenoxy) is 1. The second-order valence-corrected chi connectivity index (χ2v) is 2.66. The summed E-state index contributed by atoms with van der Waals surface area (Å²) in [6.45, 7) is 0. The molecule has 0 aliphatic heterocycles. The molecule has 0 amide bonds. The normalized spacial score (nSPS) is 6.92. The van der Waals surface area contributed by atoms with Gasteiger partial charge in [0.15, 0.2) is 0 Å². The van der Waals surface area contributed by atoms with Gasteiger partial charge in [0, 0.05) is 0 Å². The van der Waals surface area contributed by atoms with Crippen LogP contribution in [0.5, 0.6) is 5.75 Å². The van der Waals surface area contributed by atoms with Crippen LogP contribution in [0.25, 0.3) is 0 Å². The summed E-state index contributed by atoms with van der Waals surface area (Å²) < 4.78 is 6.26. The molecular formula is C7H7BrClLiMgO. The number of hydrogen-bond donors (Lipinski definition) is 0. The van der Waals surface area contributed by atoms with Crippen LogP contribution in [0.15, 0.2) is 24.3 Å². The van der Waals surface area contributed by atoms with E-state index in [1.54, 1.807) is 7.11 Å². The third-order valence-electron chi connectivity index (χ3n) is 1.16. The third kappa shape index (κ3) is 6.65. The maximum Gasteiger partial charge on any atom is 1.00 e. The van der Waals surface area contributed by atoms with Crippen molar-refractivity contribution in [3.05, 3.63) is 24.3 Å². The van der Waals surface area contributed by atoms with Gasteiger partial charge in [-0.2, -0.15) is 0 Å². The molecule has 0 radical (unpaired) electrons. The number of halogens is 2. The fourth-order valence-electron chi connectivity index (χ4n) is 0.626. The third-order valence-corrected chi connectivity index (χ3v) is 1.63. The van der Waals surface area contributed by atoms with Crippen molar-refractivity contribution >= 4 is 25.4 Å². The zero-order valence-electron chi connectivity index (χ0n) is 7.18. The van der Waals surface area contributed by atoms with Crippen LogP contribution in [0.1, 0.15) is 0 Å². The first-order valence-electron chi connectivity index (χ1n) is 2.79. The van der Waals surface area contributed by atoms with Crippen molar-refractivity contribution in [2.75, 3.05) is 7.11 Å². The van der Waals surface area contributed by atoms with Crippen LogP contribution < -0.4 is 56.7 Å². The Bertz CT molecular complexity index is 195. The summed E-state index contributed by atoms with van der Waals surface area (Å²) in [6, 6.07) is 8.00.